The van der Waals surface area contributed by atoms with Gasteiger partial charge in [-0.1, -0.05) is 6.07 Å². The molecule has 2 heterocycles. The molecule has 3 rings (SSSR count). The predicted octanol–water partition coefficient (Wildman–Crippen LogP) is 2.31. The standard InChI is InChI=1S/C16H14F2N4O4/c17-11-2-1-8(5-12(11)18)14-13(3-4-26-14)21-16-10(15(19)23)6-9(7-20-16)22(24)25/h1-2,5-7,13-14H,3-4H2,(H2,19,23)(H,20,21). The number of hydrogen-bond donors (Lipinski definition) is 2. The second-order valence-electron chi connectivity index (χ2n) is 5.72. The third kappa shape index (κ3) is 3.45. The van der Waals surface area contributed by atoms with Crippen molar-refractivity contribution in [3.05, 3.63) is 63.3 Å². The molecule has 1 aliphatic rings. The highest BCUT2D eigenvalue weighted by Crippen LogP contribution is 2.33. The zero-order chi connectivity index (χ0) is 18.8. The molecule has 1 aromatic carbocycles. The topological polar surface area (TPSA) is 120 Å². The van der Waals surface area contributed by atoms with Gasteiger partial charge in [0.15, 0.2) is 11.6 Å². The lowest BCUT2D eigenvalue weighted by Gasteiger charge is -2.21. The summed E-state index contributed by atoms with van der Waals surface area (Å²) in [5, 5.41) is 13.8. The zero-order valence-corrected chi connectivity index (χ0v) is 13.3. The number of nitrogens with one attached hydrogen (secondary N) is 1. The van der Waals surface area contributed by atoms with Crippen molar-refractivity contribution in [1.82, 2.24) is 4.98 Å². The number of anilines is 1. The highest BCUT2D eigenvalue weighted by atomic mass is 19.2. The Morgan fingerprint density at radius 1 is 1.35 bits per heavy atom. The number of nitro groups is 1. The third-order valence-corrected chi connectivity index (χ3v) is 4.04. The Hall–Kier alpha value is -3.14. The van der Waals surface area contributed by atoms with Crippen molar-refractivity contribution in [2.24, 2.45) is 5.73 Å². The van der Waals surface area contributed by atoms with Crippen LogP contribution in [0, 0.1) is 21.7 Å². The highest BCUT2D eigenvalue weighted by molar-refractivity contribution is 5.98. The van der Waals surface area contributed by atoms with Gasteiger partial charge in [0.05, 0.1) is 16.5 Å². The first-order valence-corrected chi connectivity index (χ1v) is 7.64. The summed E-state index contributed by atoms with van der Waals surface area (Å²) < 4.78 is 32.2. The number of hydrogen-bond acceptors (Lipinski definition) is 6. The van der Waals surface area contributed by atoms with Gasteiger partial charge in [-0.15, -0.1) is 0 Å². The average molecular weight is 364 g/mol. The third-order valence-electron chi connectivity index (χ3n) is 4.04. The second kappa shape index (κ2) is 7.00. The second-order valence-corrected chi connectivity index (χ2v) is 5.72. The summed E-state index contributed by atoms with van der Waals surface area (Å²) in [5.41, 5.74) is 5.18. The van der Waals surface area contributed by atoms with Crippen LogP contribution in [0.3, 0.4) is 0 Å². The maximum absolute atomic E-state index is 13.5. The summed E-state index contributed by atoms with van der Waals surface area (Å²) in [6.07, 6.45) is 0.889. The van der Waals surface area contributed by atoms with E-state index in [0.717, 1.165) is 24.4 Å². The minimum absolute atomic E-state index is 0.0613. The van der Waals surface area contributed by atoms with Gasteiger partial charge in [0.2, 0.25) is 0 Å². The number of aromatic nitrogens is 1. The van der Waals surface area contributed by atoms with Crippen LogP contribution in [0.15, 0.2) is 30.5 Å². The molecule has 1 saturated heterocycles. The first kappa shape index (κ1) is 17.7. The highest BCUT2D eigenvalue weighted by Gasteiger charge is 2.31. The maximum Gasteiger partial charge on any atom is 0.288 e. The quantitative estimate of drug-likeness (QED) is 0.620. The number of ether oxygens (including phenoxy) is 1. The zero-order valence-electron chi connectivity index (χ0n) is 13.3. The van der Waals surface area contributed by atoms with Crippen molar-refractivity contribution in [3.8, 4) is 0 Å². The first-order chi connectivity index (χ1) is 12.4. The molecule has 10 heteroatoms. The fraction of sp³-hybridized carbons (Fsp3) is 0.250. The molecule has 1 amide bonds. The number of primary amides is 1. The van der Waals surface area contributed by atoms with Crippen molar-refractivity contribution >= 4 is 17.4 Å². The first-order valence-electron chi connectivity index (χ1n) is 7.64. The van der Waals surface area contributed by atoms with Crippen molar-refractivity contribution < 1.29 is 23.2 Å². The normalized spacial score (nSPS) is 19.3. The summed E-state index contributed by atoms with van der Waals surface area (Å²) in [5.74, 6) is -2.79. The molecule has 0 saturated carbocycles. The number of pyridine rings is 1. The van der Waals surface area contributed by atoms with Crippen LogP contribution in [0.25, 0.3) is 0 Å². The van der Waals surface area contributed by atoms with Crippen molar-refractivity contribution in [3.63, 3.8) is 0 Å². The van der Waals surface area contributed by atoms with Crippen LogP contribution in [0.5, 0.6) is 0 Å². The number of benzene rings is 1. The lowest BCUT2D eigenvalue weighted by Crippen LogP contribution is -2.26. The van der Waals surface area contributed by atoms with E-state index < -0.39 is 34.6 Å². The molecule has 1 aromatic heterocycles. The van der Waals surface area contributed by atoms with Crippen LogP contribution >= 0.6 is 0 Å². The van der Waals surface area contributed by atoms with Gasteiger partial charge in [-0.3, -0.25) is 14.9 Å². The van der Waals surface area contributed by atoms with Gasteiger partial charge < -0.3 is 15.8 Å². The number of halogens is 2. The molecule has 2 aromatic rings. The summed E-state index contributed by atoms with van der Waals surface area (Å²) in [7, 11) is 0. The summed E-state index contributed by atoms with van der Waals surface area (Å²) >= 11 is 0. The van der Waals surface area contributed by atoms with Crippen LogP contribution in [-0.4, -0.2) is 28.5 Å². The van der Waals surface area contributed by atoms with Gasteiger partial charge in [-0.05, 0) is 24.1 Å². The number of rotatable bonds is 5. The van der Waals surface area contributed by atoms with E-state index in [-0.39, 0.29) is 17.1 Å². The van der Waals surface area contributed by atoms with Gasteiger partial charge in [0.25, 0.3) is 11.6 Å². The van der Waals surface area contributed by atoms with Gasteiger partial charge >= 0.3 is 0 Å². The smallest absolute Gasteiger partial charge is 0.288 e. The van der Waals surface area contributed by atoms with Gasteiger partial charge in [-0.2, -0.15) is 0 Å². The fourth-order valence-electron chi connectivity index (χ4n) is 2.79. The molecule has 2 unspecified atom stereocenters. The van der Waals surface area contributed by atoms with E-state index in [0.29, 0.717) is 18.6 Å². The molecule has 3 N–H and O–H groups in total. The predicted molar refractivity (Wildman–Crippen MR) is 86.5 cm³/mol. The number of carbonyl (C=O) groups excluding carboxylic acids is 1. The van der Waals surface area contributed by atoms with Crippen molar-refractivity contribution in [1.29, 1.82) is 0 Å². The molecule has 8 nitrogen and oxygen atoms in total. The molecule has 1 aliphatic heterocycles. The number of nitrogens with zero attached hydrogens (tertiary/aromatic N) is 2. The molecule has 1 fully saturated rings. The number of nitrogens with two attached hydrogens (primary N) is 1. The molecular formula is C16H14F2N4O4. The summed E-state index contributed by atoms with van der Waals surface area (Å²) in [4.78, 5) is 25.6. The average Bonchev–Trinajstić information content (AvgIpc) is 3.05. The van der Waals surface area contributed by atoms with Crippen LogP contribution in [0.4, 0.5) is 20.3 Å². The van der Waals surface area contributed by atoms with Gasteiger partial charge in [-0.25, -0.2) is 13.8 Å². The van der Waals surface area contributed by atoms with E-state index in [2.05, 4.69) is 10.3 Å². The van der Waals surface area contributed by atoms with E-state index in [1.807, 2.05) is 0 Å². The van der Waals surface area contributed by atoms with Gasteiger partial charge in [0.1, 0.15) is 18.1 Å². The Labute approximate surface area is 146 Å². The van der Waals surface area contributed by atoms with E-state index in [1.54, 1.807) is 0 Å². The molecule has 26 heavy (non-hydrogen) atoms. The monoisotopic (exact) mass is 364 g/mol. The Bertz CT molecular complexity index is 877. The summed E-state index contributed by atoms with van der Waals surface area (Å²) in [6.45, 7) is 0.347. The largest absolute Gasteiger partial charge is 0.371 e. The van der Waals surface area contributed by atoms with Crippen molar-refractivity contribution in [2.75, 3.05) is 11.9 Å². The lowest BCUT2D eigenvalue weighted by molar-refractivity contribution is -0.385. The Morgan fingerprint density at radius 2 is 2.12 bits per heavy atom. The van der Waals surface area contributed by atoms with E-state index >= 15 is 0 Å². The van der Waals surface area contributed by atoms with E-state index in [1.165, 1.54) is 6.07 Å². The molecule has 136 valence electrons. The molecular weight excluding hydrogens is 350 g/mol. The number of amides is 1. The molecule has 0 aliphatic carbocycles. The Balaban J connectivity index is 1.88. The lowest BCUT2D eigenvalue weighted by atomic mass is 10.0. The molecule has 0 bridgehead atoms. The molecule has 0 spiro atoms. The van der Waals surface area contributed by atoms with Crippen LogP contribution in [-0.2, 0) is 4.74 Å². The molecule has 0 radical (unpaired) electrons. The number of carbonyl (C=O) groups is 1. The van der Waals surface area contributed by atoms with E-state index in [9.17, 15) is 23.7 Å². The van der Waals surface area contributed by atoms with Crippen LogP contribution in [0.1, 0.15) is 28.4 Å². The minimum atomic E-state index is -0.997. The Kier molecular flexibility index (Phi) is 4.76. The van der Waals surface area contributed by atoms with Crippen LogP contribution in [0.2, 0.25) is 0 Å². The van der Waals surface area contributed by atoms with Crippen LogP contribution < -0.4 is 11.1 Å². The maximum atomic E-state index is 13.5. The summed E-state index contributed by atoms with van der Waals surface area (Å²) in [6, 6.07) is 4.06. The SMILES string of the molecule is NC(=O)c1cc([N+](=O)[O-])cnc1NC1CCOC1c1ccc(F)c(F)c1. The van der Waals surface area contributed by atoms with E-state index in [4.69, 9.17) is 10.5 Å². The van der Waals surface area contributed by atoms with Crippen molar-refractivity contribution in [2.45, 2.75) is 18.6 Å². The Morgan fingerprint density at radius 3 is 2.77 bits per heavy atom. The minimum Gasteiger partial charge on any atom is -0.371 e. The molecule has 2 atom stereocenters. The fourth-order valence-corrected chi connectivity index (χ4v) is 2.79. The van der Waals surface area contributed by atoms with Gasteiger partial charge in [0, 0.05) is 12.7 Å².